The van der Waals surface area contributed by atoms with Crippen LogP contribution < -0.4 is 4.90 Å². The second-order valence-electron chi connectivity index (χ2n) is 7.24. The smallest absolute Gasteiger partial charge is 0.235 e. The van der Waals surface area contributed by atoms with E-state index in [1.165, 1.54) is 27.4 Å². The predicted octanol–water partition coefficient (Wildman–Crippen LogP) is 3.19. The van der Waals surface area contributed by atoms with Crippen LogP contribution in [0.5, 0.6) is 5.88 Å². The van der Waals surface area contributed by atoms with Gasteiger partial charge in [-0.1, -0.05) is 59.3 Å². The maximum absolute atomic E-state index is 11.0. The Kier molecular flexibility index (Phi) is 4.34. The number of rotatable bonds is 3. The summed E-state index contributed by atoms with van der Waals surface area (Å²) in [5, 5.41) is 16.0. The van der Waals surface area contributed by atoms with Crippen molar-refractivity contribution in [2.45, 2.75) is 25.9 Å². The molecule has 0 amide bonds. The summed E-state index contributed by atoms with van der Waals surface area (Å²) >= 11 is 7.82. The first-order valence-corrected chi connectivity index (χ1v) is 10.5. The molecule has 2 aromatic heterocycles. The van der Waals surface area contributed by atoms with E-state index in [0.717, 1.165) is 30.0 Å². The van der Waals surface area contributed by atoms with Crippen LogP contribution in [0.25, 0.3) is 4.96 Å². The summed E-state index contributed by atoms with van der Waals surface area (Å²) in [6, 6.07) is 16.5. The van der Waals surface area contributed by atoms with Gasteiger partial charge in [-0.05, 0) is 24.6 Å². The zero-order valence-electron chi connectivity index (χ0n) is 15.4. The van der Waals surface area contributed by atoms with Crippen molar-refractivity contribution in [2.75, 3.05) is 6.54 Å². The molecular weight excluding hydrogens is 392 g/mol. The van der Waals surface area contributed by atoms with Gasteiger partial charge < -0.3 is 10.0 Å². The number of nitrogens with one attached hydrogen (secondary N) is 1. The van der Waals surface area contributed by atoms with Gasteiger partial charge in [-0.3, -0.25) is 0 Å². The van der Waals surface area contributed by atoms with Gasteiger partial charge in [0.15, 0.2) is 6.04 Å². The molecule has 5 nitrogen and oxygen atoms in total. The van der Waals surface area contributed by atoms with E-state index in [4.69, 9.17) is 11.6 Å². The SMILES string of the molecule is Cc1nc2sc([C@H](c3cccc(Cl)c3)[NH+]3CCc4ccccc4C3)c(O)n2n1. The first kappa shape index (κ1) is 17.7. The monoisotopic (exact) mass is 411 g/mol. The third-order valence-electron chi connectivity index (χ3n) is 5.41. The van der Waals surface area contributed by atoms with Crippen molar-refractivity contribution >= 4 is 27.9 Å². The van der Waals surface area contributed by atoms with Crippen LogP contribution in [0.15, 0.2) is 48.5 Å². The maximum Gasteiger partial charge on any atom is 0.235 e. The largest absolute Gasteiger partial charge is 0.492 e. The second kappa shape index (κ2) is 6.88. The zero-order chi connectivity index (χ0) is 19.3. The predicted molar refractivity (Wildman–Crippen MR) is 110 cm³/mol. The Hall–Kier alpha value is -2.41. The Morgan fingerprint density at radius 3 is 2.79 bits per heavy atom. The molecule has 5 rings (SSSR count). The van der Waals surface area contributed by atoms with E-state index in [1.54, 1.807) is 4.52 Å². The average Bonchev–Trinajstić information content (AvgIpc) is 3.20. The van der Waals surface area contributed by atoms with Crippen LogP contribution in [-0.4, -0.2) is 26.2 Å². The molecule has 1 unspecified atom stereocenters. The number of quaternary nitrogens is 1. The molecule has 0 bridgehead atoms. The molecule has 0 radical (unpaired) electrons. The van der Waals surface area contributed by atoms with E-state index in [-0.39, 0.29) is 11.9 Å². The Morgan fingerprint density at radius 2 is 2.00 bits per heavy atom. The number of aromatic nitrogens is 3. The van der Waals surface area contributed by atoms with Gasteiger partial charge in [-0.2, -0.15) is 4.52 Å². The van der Waals surface area contributed by atoms with Gasteiger partial charge in [-0.15, -0.1) is 5.10 Å². The number of thiazole rings is 1. The fourth-order valence-corrected chi connectivity index (χ4v) is 5.53. The lowest BCUT2D eigenvalue weighted by Gasteiger charge is -2.32. The lowest BCUT2D eigenvalue weighted by molar-refractivity contribution is -0.940. The molecule has 1 aliphatic heterocycles. The number of hydrogen-bond acceptors (Lipinski definition) is 4. The Balaban J connectivity index is 1.63. The molecule has 0 fully saturated rings. The van der Waals surface area contributed by atoms with Gasteiger partial charge in [0.1, 0.15) is 17.2 Å². The summed E-state index contributed by atoms with van der Waals surface area (Å²) in [4.78, 5) is 7.43. The van der Waals surface area contributed by atoms with Crippen LogP contribution in [0.3, 0.4) is 0 Å². The summed E-state index contributed by atoms with van der Waals surface area (Å²) in [6.45, 7) is 3.72. The number of hydrogen-bond donors (Lipinski definition) is 2. The normalized spacial score (nSPS) is 17.6. The maximum atomic E-state index is 11.0. The lowest BCUT2D eigenvalue weighted by atomic mass is 9.96. The van der Waals surface area contributed by atoms with Gasteiger partial charge in [0.25, 0.3) is 0 Å². The number of halogens is 1. The average molecular weight is 412 g/mol. The molecule has 4 aromatic rings. The van der Waals surface area contributed by atoms with Crippen molar-refractivity contribution in [1.82, 2.24) is 14.6 Å². The van der Waals surface area contributed by atoms with E-state index in [2.05, 4.69) is 40.4 Å². The third kappa shape index (κ3) is 2.98. The number of aryl methyl sites for hydroxylation is 1. The molecule has 2 atom stereocenters. The standard InChI is InChI=1S/C21H19ClN4OS/c1-13-23-21-26(24-13)20(27)19(28-21)18(15-7-4-8-17(22)11-15)25-10-9-14-5-2-3-6-16(14)12-25/h2-8,11,18,27H,9-10,12H2,1H3/p+1/t18-/m0/s1. The molecule has 0 saturated heterocycles. The van der Waals surface area contributed by atoms with Crippen LogP contribution in [0.2, 0.25) is 5.02 Å². The van der Waals surface area contributed by atoms with Crippen molar-refractivity contribution in [2.24, 2.45) is 0 Å². The molecule has 2 aromatic carbocycles. The summed E-state index contributed by atoms with van der Waals surface area (Å²) in [5.41, 5.74) is 3.88. The van der Waals surface area contributed by atoms with Crippen molar-refractivity contribution in [3.05, 3.63) is 80.9 Å². The molecule has 28 heavy (non-hydrogen) atoms. The Labute approximate surface area is 171 Å². The quantitative estimate of drug-likeness (QED) is 0.544. The summed E-state index contributed by atoms with van der Waals surface area (Å²) < 4.78 is 1.55. The van der Waals surface area contributed by atoms with Crippen LogP contribution in [0.4, 0.5) is 0 Å². The van der Waals surface area contributed by atoms with Gasteiger partial charge in [-0.25, -0.2) is 4.98 Å². The van der Waals surface area contributed by atoms with Gasteiger partial charge in [0.05, 0.1) is 6.54 Å². The highest BCUT2D eigenvalue weighted by molar-refractivity contribution is 7.17. The fourth-order valence-electron chi connectivity index (χ4n) is 4.14. The Morgan fingerprint density at radius 1 is 1.18 bits per heavy atom. The van der Waals surface area contributed by atoms with Gasteiger partial charge in [0, 0.05) is 22.6 Å². The molecule has 142 valence electrons. The van der Waals surface area contributed by atoms with E-state index in [0.29, 0.717) is 15.8 Å². The number of nitrogens with zero attached hydrogens (tertiary/aromatic N) is 3. The molecule has 0 spiro atoms. The van der Waals surface area contributed by atoms with Crippen molar-refractivity contribution < 1.29 is 10.0 Å². The molecule has 1 aliphatic rings. The molecule has 2 N–H and O–H groups in total. The molecular formula is C21H20ClN4OS+. The highest BCUT2D eigenvalue weighted by Gasteiger charge is 2.34. The van der Waals surface area contributed by atoms with E-state index in [1.807, 2.05) is 25.1 Å². The fraction of sp³-hybridized carbons (Fsp3) is 0.238. The van der Waals surface area contributed by atoms with Crippen molar-refractivity contribution in [3.63, 3.8) is 0 Å². The number of benzene rings is 2. The molecule has 3 heterocycles. The number of aromatic hydroxyl groups is 1. The van der Waals surface area contributed by atoms with E-state index < -0.39 is 0 Å². The van der Waals surface area contributed by atoms with Crippen LogP contribution in [-0.2, 0) is 13.0 Å². The van der Waals surface area contributed by atoms with Gasteiger partial charge >= 0.3 is 0 Å². The minimum Gasteiger partial charge on any atom is -0.492 e. The summed E-state index contributed by atoms with van der Waals surface area (Å²) in [7, 11) is 0. The highest BCUT2D eigenvalue weighted by Crippen LogP contribution is 2.36. The van der Waals surface area contributed by atoms with Crippen molar-refractivity contribution in [3.8, 4) is 5.88 Å². The second-order valence-corrected chi connectivity index (χ2v) is 8.68. The van der Waals surface area contributed by atoms with E-state index in [9.17, 15) is 5.11 Å². The number of fused-ring (bicyclic) bond motifs is 2. The minimum absolute atomic E-state index is 0.0270. The van der Waals surface area contributed by atoms with Gasteiger partial charge in [0.2, 0.25) is 10.8 Å². The first-order valence-electron chi connectivity index (χ1n) is 9.32. The summed E-state index contributed by atoms with van der Waals surface area (Å²) in [6.07, 6.45) is 1.02. The minimum atomic E-state index is -0.0270. The third-order valence-corrected chi connectivity index (χ3v) is 6.73. The molecule has 0 saturated carbocycles. The van der Waals surface area contributed by atoms with Crippen LogP contribution >= 0.6 is 22.9 Å². The van der Waals surface area contributed by atoms with E-state index >= 15 is 0 Å². The Bertz CT molecular complexity index is 1170. The van der Waals surface area contributed by atoms with Crippen LogP contribution in [0.1, 0.15) is 33.4 Å². The first-order chi connectivity index (χ1) is 13.6. The molecule has 7 heteroatoms. The topological polar surface area (TPSA) is 54.9 Å². The van der Waals surface area contributed by atoms with Crippen LogP contribution in [0, 0.1) is 6.92 Å². The zero-order valence-corrected chi connectivity index (χ0v) is 17.0. The van der Waals surface area contributed by atoms with Crippen molar-refractivity contribution in [1.29, 1.82) is 0 Å². The molecule has 0 aliphatic carbocycles. The highest BCUT2D eigenvalue weighted by atomic mass is 35.5. The summed E-state index contributed by atoms with van der Waals surface area (Å²) in [5.74, 6) is 0.837. The lowest BCUT2D eigenvalue weighted by Crippen LogP contribution is -3.12.